The van der Waals surface area contributed by atoms with E-state index in [1.165, 1.54) is 0 Å². The van der Waals surface area contributed by atoms with Gasteiger partial charge in [0.2, 0.25) is 0 Å². The minimum absolute atomic E-state index is 0.115. The standard InChI is InChI=1S/C6H15N3O/c1-2-8-6(10)9-5-3-4-7/h2-5,7H2,1H3,(H2,8,9,10). The number of carbonyl (C=O) groups excluding carboxylic acids is 1. The van der Waals surface area contributed by atoms with Gasteiger partial charge in [0, 0.05) is 13.1 Å². The van der Waals surface area contributed by atoms with Gasteiger partial charge in [0.25, 0.3) is 0 Å². The molecule has 0 saturated carbocycles. The van der Waals surface area contributed by atoms with E-state index in [1.54, 1.807) is 0 Å². The van der Waals surface area contributed by atoms with E-state index in [0.717, 1.165) is 6.42 Å². The van der Waals surface area contributed by atoms with Crippen LogP contribution in [-0.2, 0) is 0 Å². The summed E-state index contributed by atoms with van der Waals surface area (Å²) < 4.78 is 0. The quantitative estimate of drug-likeness (QED) is 0.473. The van der Waals surface area contributed by atoms with E-state index in [9.17, 15) is 4.79 Å². The first-order valence-corrected chi connectivity index (χ1v) is 3.53. The number of urea groups is 1. The van der Waals surface area contributed by atoms with E-state index < -0.39 is 0 Å². The number of nitrogens with one attached hydrogen (secondary N) is 2. The van der Waals surface area contributed by atoms with Crippen LogP contribution in [0, 0.1) is 0 Å². The lowest BCUT2D eigenvalue weighted by Crippen LogP contribution is -2.36. The van der Waals surface area contributed by atoms with Crippen molar-refractivity contribution in [1.82, 2.24) is 10.6 Å². The summed E-state index contributed by atoms with van der Waals surface area (Å²) in [7, 11) is 0. The van der Waals surface area contributed by atoms with Crippen molar-refractivity contribution < 1.29 is 4.79 Å². The summed E-state index contributed by atoms with van der Waals surface area (Å²) in [5, 5.41) is 5.27. The van der Waals surface area contributed by atoms with E-state index in [1.807, 2.05) is 6.92 Å². The summed E-state index contributed by atoms with van der Waals surface area (Å²) in [4.78, 5) is 10.7. The van der Waals surface area contributed by atoms with Gasteiger partial charge in [0.15, 0.2) is 0 Å². The molecule has 0 rings (SSSR count). The van der Waals surface area contributed by atoms with Crippen molar-refractivity contribution in [3.05, 3.63) is 0 Å². The topological polar surface area (TPSA) is 67.2 Å². The van der Waals surface area contributed by atoms with Crippen molar-refractivity contribution in [2.75, 3.05) is 19.6 Å². The van der Waals surface area contributed by atoms with Gasteiger partial charge in [-0.2, -0.15) is 0 Å². The van der Waals surface area contributed by atoms with Crippen LogP contribution in [0.4, 0.5) is 4.79 Å². The third kappa shape index (κ3) is 5.37. The molecule has 0 aliphatic rings. The highest BCUT2D eigenvalue weighted by molar-refractivity contribution is 5.73. The lowest BCUT2D eigenvalue weighted by atomic mass is 10.4. The van der Waals surface area contributed by atoms with Crippen molar-refractivity contribution in [3.63, 3.8) is 0 Å². The average Bonchev–Trinajstić information content (AvgIpc) is 1.89. The molecule has 0 aromatic carbocycles. The molecule has 4 heteroatoms. The summed E-state index contributed by atoms with van der Waals surface area (Å²) in [6.07, 6.45) is 0.830. The Kier molecular flexibility index (Phi) is 5.86. The number of amides is 2. The maximum Gasteiger partial charge on any atom is 0.314 e. The Hall–Kier alpha value is -0.770. The van der Waals surface area contributed by atoms with Crippen LogP contribution >= 0.6 is 0 Å². The highest BCUT2D eigenvalue weighted by Crippen LogP contribution is 1.69. The summed E-state index contributed by atoms with van der Waals surface area (Å²) in [6, 6.07) is -0.115. The Morgan fingerprint density at radius 3 is 2.70 bits per heavy atom. The number of hydrogen-bond acceptors (Lipinski definition) is 2. The maximum atomic E-state index is 10.7. The molecule has 10 heavy (non-hydrogen) atoms. The van der Waals surface area contributed by atoms with Gasteiger partial charge in [-0.25, -0.2) is 4.79 Å². The van der Waals surface area contributed by atoms with Gasteiger partial charge in [-0.3, -0.25) is 0 Å². The molecule has 0 heterocycles. The third-order valence-corrected chi connectivity index (χ3v) is 1.00. The van der Waals surface area contributed by atoms with Crippen molar-refractivity contribution in [2.45, 2.75) is 13.3 Å². The van der Waals surface area contributed by atoms with Gasteiger partial charge in [-0.1, -0.05) is 0 Å². The van der Waals surface area contributed by atoms with Crippen molar-refractivity contribution in [3.8, 4) is 0 Å². The monoisotopic (exact) mass is 145 g/mol. The minimum atomic E-state index is -0.115. The fourth-order valence-corrected chi connectivity index (χ4v) is 0.527. The van der Waals surface area contributed by atoms with Crippen LogP contribution in [0.5, 0.6) is 0 Å². The van der Waals surface area contributed by atoms with Crippen LogP contribution in [0.1, 0.15) is 13.3 Å². The molecule has 0 aliphatic carbocycles. The van der Waals surface area contributed by atoms with Crippen LogP contribution in [0.3, 0.4) is 0 Å². The van der Waals surface area contributed by atoms with E-state index in [0.29, 0.717) is 19.6 Å². The molecule has 0 fully saturated rings. The predicted octanol–water partition coefficient (Wildman–Crippen LogP) is -0.346. The number of carbonyl (C=O) groups is 1. The third-order valence-electron chi connectivity index (χ3n) is 1.00. The van der Waals surface area contributed by atoms with Gasteiger partial charge in [0.05, 0.1) is 0 Å². The largest absolute Gasteiger partial charge is 0.338 e. The van der Waals surface area contributed by atoms with Crippen LogP contribution in [-0.4, -0.2) is 25.7 Å². The normalized spacial score (nSPS) is 9.00. The SMILES string of the molecule is CCNC(=O)NCCCN. The number of rotatable bonds is 4. The summed E-state index contributed by atoms with van der Waals surface area (Å²) in [5.74, 6) is 0. The molecule has 60 valence electrons. The molecule has 0 atom stereocenters. The molecule has 2 amide bonds. The zero-order valence-electron chi connectivity index (χ0n) is 6.31. The highest BCUT2D eigenvalue weighted by Gasteiger charge is 1.93. The lowest BCUT2D eigenvalue weighted by Gasteiger charge is -2.03. The molecule has 0 bridgehead atoms. The predicted molar refractivity (Wildman–Crippen MR) is 40.7 cm³/mol. The second-order valence-electron chi connectivity index (χ2n) is 1.93. The van der Waals surface area contributed by atoms with Crippen molar-refractivity contribution in [1.29, 1.82) is 0 Å². The second kappa shape index (κ2) is 6.35. The highest BCUT2D eigenvalue weighted by atomic mass is 16.2. The molecule has 0 saturated heterocycles. The molecule has 4 nitrogen and oxygen atoms in total. The van der Waals surface area contributed by atoms with Gasteiger partial charge < -0.3 is 16.4 Å². The smallest absolute Gasteiger partial charge is 0.314 e. The fraction of sp³-hybridized carbons (Fsp3) is 0.833. The van der Waals surface area contributed by atoms with Gasteiger partial charge >= 0.3 is 6.03 Å². The molecule has 0 unspecified atom stereocenters. The van der Waals surface area contributed by atoms with Gasteiger partial charge in [-0.15, -0.1) is 0 Å². The molecule has 0 spiro atoms. The van der Waals surface area contributed by atoms with E-state index in [-0.39, 0.29) is 6.03 Å². The summed E-state index contributed by atoms with van der Waals surface area (Å²) >= 11 is 0. The van der Waals surface area contributed by atoms with E-state index in [2.05, 4.69) is 10.6 Å². The molecule has 0 aromatic heterocycles. The van der Waals surface area contributed by atoms with Crippen molar-refractivity contribution in [2.24, 2.45) is 5.73 Å². The average molecular weight is 145 g/mol. The van der Waals surface area contributed by atoms with Gasteiger partial charge in [0.1, 0.15) is 0 Å². The molecular weight excluding hydrogens is 130 g/mol. The number of nitrogens with two attached hydrogens (primary N) is 1. The Bertz CT molecular complexity index is 95.0. The van der Waals surface area contributed by atoms with Crippen molar-refractivity contribution >= 4 is 6.03 Å². The Balaban J connectivity index is 3.05. The maximum absolute atomic E-state index is 10.7. The first kappa shape index (κ1) is 9.23. The molecular formula is C6H15N3O. The molecule has 4 N–H and O–H groups in total. The fourth-order valence-electron chi connectivity index (χ4n) is 0.527. The molecule has 0 aromatic rings. The van der Waals surface area contributed by atoms with Crippen LogP contribution in [0.2, 0.25) is 0 Å². The summed E-state index contributed by atoms with van der Waals surface area (Å²) in [5.41, 5.74) is 5.22. The van der Waals surface area contributed by atoms with E-state index in [4.69, 9.17) is 5.73 Å². The second-order valence-corrected chi connectivity index (χ2v) is 1.93. The molecule has 0 aliphatic heterocycles. The van der Waals surface area contributed by atoms with Crippen LogP contribution in [0.15, 0.2) is 0 Å². The molecule has 0 radical (unpaired) electrons. The Labute approximate surface area is 61.2 Å². The first-order valence-electron chi connectivity index (χ1n) is 3.53. The summed E-state index contributed by atoms with van der Waals surface area (Å²) in [6.45, 7) is 3.81. The van der Waals surface area contributed by atoms with Gasteiger partial charge in [-0.05, 0) is 19.9 Å². The zero-order valence-corrected chi connectivity index (χ0v) is 6.31. The van der Waals surface area contributed by atoms with Crippen LogP contribution < -0.4 is 16.4 Å². The van der Waals surface area contributed by atoms with E-state index >= 15 is 0 Å². The minimum Gasteiger partial charge on any atom is -0.338 e. The Morgan fingerprint density at radius 2 is 2.20 bits per heavy atom. The number of hydrogen-bond donors (Lipinski definition) is 3. The van der Waals surface area contributed by atoms with Crippen LogP contribution in [0.25, 0.3) is 0 Å². The Morgan fingerprint density at radius 1 is 1.50 bits per heavy atom. The zero-order chi connectivity index (χ0) is 7.82. The first-order chi connectivity index (χ1) is 4.81. The lowest BCUT2D eigenvalue weighted by molar-refractivity contribution is 0.241.